The van der Waals surface area contributed by atoms with E-state index in [0.717, 1.165) is 48.3 Å². The lowest BCUT2D eigenvalue weighted by atomic mass is 10.1. The minimum absolute atomic E-state index is 0.0502. The minimum Gasteiger partial charge on any atom is -0.336 e. The predicted molar refractivity (Wildman–Crippen MR) is 94.8 cm³/mol. The van der Waals surface area contributed by atoms with E-state index in [2.05, 4.69) is 20.6 Å². The van der Waals surface area contributed by atoms with E-state index in [1.165, 1.54) is 0 Å². The lowest BCUT2D eigenvalue weighted by Crippen LogP contribution is -2.34. The SMILES string of the molecule is Cc1c(C(=O)N2CCCNCC2)nnn1-c1cccc2ncccc12. The van der Waals surface area contributed by atoms with Gasteiger partial charge in [0.2, 0.25) is 0 Å². The molecule has 1 aliphatic heterocycles. The molecule has 0 spiro atoms. The third kappa shape index (κ3) is 2.87. The van der Waals surface area contributed by atoms with Crippen molar-refractivity contribution in [2.75, 3.05) is 26.2 Å². The van der Waals surface area contributed by atoms with Crippen LogP contribution >= 0.6 is 0 Å². The number of rotatable bonds is 2. The Hall–Kier alpha value is -2.80. The highest BCUT2D eigenvalue weighted by Crippen LogP contribution is 2.22. The number of amides is 1. The highest BCUT2D eigenvalue weighted by atomic mass is 16.2. The Morgan fingerprint density at radius 2 is 2.08 bits per heavy atom. The third-order valence-electron chi connectivity index (χ3n) is 4.58. The summed E-state index contributed by atoms with van der Waals surface area (Å²) in [5, 5.41) is 12.7. The van der Waals surface area contributed by atoms with Crippen molar-refractivity contribution in [2.45, 2.75) is 13.3 Å². The molecule has 1 fully saturated rings. The smallest absolute Gasteiger partial charge is 0.276 e. The van der Waals surface area contributed by atoms with Crippen LogP contribution in [0.15, 0.2) is 36.5 Å². The molecule has 0 radical (unpaired) electrons. The van der Waals surface area contributed by atoms with Crippen molar-refractivity contribution >= 4 is 16.8 Å². The van der Waals surface area contributed by atoms with E-state index >= 15 is 0 Å². The van der Waals surface area contributed by atoms with E-state index in [9.17, 15) is 4.79 Å². The van der Waals surface area contributed by atoms with E-state index in [0.29, 0.717) is 12.2 Å². The van der Waals surface area contributed by atoms with Gasteiger partial charge >= 0.3 is 0 Å². The van der Waals surface area contributed by atoms with Gasteiger partial charge in [-0.05, 0) is 44.2 Å². The molecule has 1 aliphatic rings. The van der Waals surface area contributed by atoms with Gasteiger partial charge in [-0.25, -0.2) is 4.68 Å². The molecule has 3 aromatic rings. The average Bonchev–Trinajstić information content (AvgIpc) is 2.85. The molecular weight excluding hydrogens is 316 g/mol. The van der Waals surface area contributed by atoms with Crippen LogP contribution in [0.1, 0.15) is 22.6 Å². The van der Waals surface area contributed by atoms with E-state index < -0.39 is 0 Å². The number of pyridine rings is 1. The maximum absolute atomic E-state index is 12.9. The van der Waals surface area contributed by atoms with Crippen molar-refractivity contribution in [3.05, 3.63) is 47.9 Å². The summed E-state index contributed by atoms with van der Waals surface area (Å²) >= 11 is 0. The highest BCUT2D eigenvalue weighted by molar-refractivity contribution is 5.94. The molecule has 0 aliphatic carbocycles. The standard InChI is InChI=1S/C18H20N6O/c1-13-17(18(25)23-11-4-8-19-10-12-23)21-22-24(13)16-7-2-6-15-14(16)5-3-9-20-15/h2-3,5-7,9,19H,4,8,10-12H2,1H3. The predicted octanol–water partition coefficient (Wildman–Crippen LogP) is 1.56. The molecule has 3 heterocycles. The monoisotopic (exact) mass is 336 g/mol. The summed E-state index contributed by atoms with van der Waals surface area (Å²) in [6.45, 7) is 5.09. The van der Waals surface area contributed by atoms with Gasteiger partial charge < -0.3 is 10.2 Å². The van der Waals surface area contributed by atoms with Crippen molar-refractivity contribution in [1.82, 2.24) is 30.2 Å². The molecule has 1 amide bonds. The lowest BCUT2D eigenvalue weighted by Gasteiger charge is -2.18. The molecule has 4 rings (SSSR count). The molecular formula is C18H20N6O. The fourth-order valence-electron chi connectivity index (χ4n) is 3.23. The highest BCUT2D eigenvalue weighted by Gasteiger charge is 2.24. The molecule has 25 heavy (non-hydrogen) atoms. The largest absolute Gasteiger partial charge is 0.336 e. The number of nitrogens with zero attached hydrogens (tertiary/aromatic N) is 5. The van der Waals surface area contributed by atoms with E-state index in [1.54, 1.807) is 10.9 Å². The zero-order valence-corrected chi connectivity index (χ0v) is 14.1. The van der Waals surface area contributed by atoms with Crippen LogP contribution in [-0.4, -0.2) is 57.0 Å². The molecule has 1 saturated heterocycles. The third-order valence-corrected chi connectivity index (χ3v) is 4.58. The zero-order chi connectivity index (χ0) is 17.2. The maximum Gasteiger partial charge on any atom is 0.276 e. The topological polar surface area (TPSA) is 75.9 Å². The number of nitrogens with one attached hydrogen (secondary N) is 1. The lowest BCUT2D eigenvalue weighted by molar-refractivity contribution is 0.0759. The minimum atomic E-state index is -0.0502. The number of fused-ring (bicyclic) bond motifs is 1. The number of aromatic nitrogens is 4. The fraction of sp³-hybridized carbons (Fsp3) is 0.333. The quantitative estimate of drug-likeness (QED) is 0.768. The summed E-state index contributed by atoms with van der Waals surface area (Å²) in [7, 11) is 0. The van der Waals surface area contributed by atoms with E-state index in [-0.39, 0.29) is 5.91 Å². The Bertz CT molecular complexity index is 906. The van der Waals surface area contributed by atoms with Crippen LogP contribution in [0.5, 0.6) is 0 Å². The molecule has 7 heteroatoms. The summed E-state index contributed by atoms with van der Waals surface area (Å²) in [4.78, 5) is 19.1. The summed E-state index contributed by atoms with van der Waals surface area (Å²) < 4.78 is 1.73. The number of benzene rings is 1. The second kappa shape index (κ2) is 6.60. The Kier molecular flexibility index (Phi) is 4.15. The number of carbonyl (C=O) groups is 1. The summed E-state index contributed by atoms with van der Waals surface area (Å²) in [5.41, 5.74) is 2.94. The second-order valence-corrected chi connectivity index (χ2v) is 6.18. The van der Waals surface area contributed by atoms with Crippen molar-refractivity contribution in [1.29, 1.82) is 0 Å². The van der Waals surface area contributed by atoms with Gasteiger partial charge in [-0.2, -0.15) is 0 Å². The average molecular weight is 336 g/mol. The normalized spacial score (nSPS) is 15.3. The van der Waals surface area contributed by atoms with Gasteiger partial charge in [0.1, 0.15) is 0 Å². The van der Waals surface area contributed by atoms with Gasteiger partial charge in [0.25, 0.3) is 5.91 Å². The van der Waals surface area contributed by atoms with Crippen LogP contribution in [0.3, 0.4) is 0 Å². The molecule has 0 atom stereocenters. The Morgan fingerprint density at radius 1 is 1.16 bits per heavy atom. The maximum atomic E-state index is 12.9. The van der Waals surface area contributed by atoms with Gasteiger partial charge in [-0.15, -0.1) is 5.10 Å². The summed E-state index contributed by atoms with van der Waals surface area (Å²) in [6.07, 6.45) is 2.72. The van der Waals surface area contributed by atoms with Gasteiger partial charge in [0, 0.05) is 31.2 Å². The Labute approximate surface area is 145 Å². The van der Waals surface area contributed by atoms with Gasteiger partial charge in [0.05, 0.1) is 16.9 Å². The second-order valence-electron chi connectivity index (χ2n) is 6.18. The van der Waals surface area contributed by atoms with Crippen LogP contribution in [0, 0.1) is 6.92 Å². The van der Waals surface area contributed by atoms with E-state index in [4.69, 9.17) is 0 Å². The molecule has 1 N–H and O–H groups in total. The van der Waals surface area contributed by atoms with Crippen molar-refractivity contribution in [3.63, 3.8) is 0 Å². The Morgan fingerprint density at radius 3 is 3.00 bits per heavy atom. The number of hydrogen-bond acceptors (Lipinski definition) is 5. The first kappa shape index (κ1) is 15.7. The molecule has 0 unspecified atom stereocenters. The zero-order valence-electron chi connectivity index (χ0n) is 14.1. The van der Waals surface area contributed by atoms with Crippen molar-refractivity contribution < 1.29 is 4.79 Å². The molecule has 2 aromatic heterocycles. The number of carbonyl (C=O) groups excluding carboxylic acids is 1. The van der Waals surface area contributed by atoms with E-state index in [1.807, 2.05) is 42.2 Å². The van der Waals surface area contributed by atoms with Gasteiger partial charge in [-0.3, -0.25) is 9.78 Å². The van der Waals surface area contributed by atoms with Gasteiger partial charge in [-0.1, -0.05) is 11.3 Å². The molecule has 7 nitrogen and oxygen atoms in total. The molecule has 128 valence electrons. The first-order valence-corrected chi connectivity index (χ1v) is 8.52. The van der Waals surface area contributed by atoms with Crippen LogP contribution in [0.25, 0.3) is 16.6 Å². The molecule has 0 bridgehead atoms. The summed E-state index contributed by atoms with van der Waals surface area (Å²) in [5.74, 6) is -0.0502. The van der Waals surface area contributed by atoms with Gasteiger partial charge in [0.15, 0.2) is 5.69 Å². The fourth-order valence-corrected chi connectivity index (χ4v) is 3.23. The van der Waals surface area contributed by atoms with Crippen LogP contribution < -0.4 is 5.32 Å². The first-order chi connectivity index (χ1) is 12.3. The molecule has 0 saturated carbocycles. The van der Waals surface area contributed by atoms with Crippen LogP contribution in [0.4, 0.5) is 0 Å². The first-order valence-electron chi connectivity index (χ1n) is 8.52. The Balaban J connectivity index is 1.72. The van der Waals surface area contributed by atoms with Crippen LogP contribution in [0.2, 0.25) is 0 Å². The van der Waals surface area contributed by atoms with Crippen molar-refractivity contribution in [2.24, 2.45) is 0 Å². The number of hydrogen-bond donors (Lipinski definition) is 1. The van der Waals surface area contributed by atoms with Crippen molar-refractivity contribution in [3.8, 4) is 5.69 Å². The molecule has 1 aromatic carbocycles. The van der Waals surface area contributed by atoms with Crippen LogP contribution in [-0.2, 0) is 0 Å². The summed E-state index contributed by atoms with van der Waals surface area (Å²) in [6, 6.07) is 9.76.